The zero-order valence-electron chi connectivity index (χ0n) is 11.5. The highest BCUT2D eigenvalue weighted by Crippen LogP contribution is 2.38. The summed E-state index contributed by atoms with van der Waals surface area (Å²) in [6.45, 7) is 1.09. The smallest absolute Gasteiger partial charge is 0.0624 e. The van der Waals surface area contributed by atoms with Crippen LogP contribution in [0.2, 0.25) is 0 Å². The second kappa shape index (κ2) is 5.75. The minimum absolute atomic E-state index is 0.646. The summed E-state index contributed by atoms with van der Waals surface area (Å²) in [5.74, 6) is 0.646. The van der Waals surface area contributed by atoms with Crippen molar-refractivity contribution in [1.29, 1.82) is 5.26 Å². The van der Waals surface area contributed by atoms with Gasteiger partial charge in [-0.2, -0.15) is 5.26 Å². The van der Waals surface area contributed by atoms with Gasteiger partial charge in [-0.3, -0.25) is 4.90 Å². The molecule has 0 amide bonds. The van der Waals surface area contributed by atoms with Crippen molar-refractivity contribution in [2.45, 2.75) is 57.2 Å². The highest BCUT2D eigenvalue weighted by atomic mass is 15.2. The maximum Gasteiger partial charge on any atom is 0.0624 e. The summed E-state index contributed by atoms with van der Waals surface area (Å²) in [6.07, 6.45) is 7.25. The van der Waals surface area contributed by atoms with Gasteiger partial charge in [-0.15, -0.1) is 0 Å². The third-order valence-electron chi connectivity index (χ3n) is 4.81. The van der Waals surface area contributed by atoms with Crippen molar-refractivity contribution >= 4 is 0 Å². The van der Waals surface area contributed by atoms with Gasteiger partial charge in [0.25, 0.3) is 0 Å². The molecule has 3 rings (SSSR count). The van der Waals surface area contributed by atoms with Gasteiger partial charge in [0, 0.05) is 25.0 Å². The SMILES string of the molecule is N#CCC1CC2CCCC(C1)N2Cc1ccccc1. The van der Waals surface area contributed by atoms with E-state index >= 15 is 0 Å². The van der Waals surface area contributed by atoms with E-state index in [0.717, 1.165) is 13.0 Å². The van der Waals surface area contributed by atoms with E-state index in [2.05, 4.69) is 41.3 Å². The fourth-order valence-electron chi connectivity index (χ4n) is 3.94. The second-order valence-corrected chi connectivity index (χ2v) is 6.10. The number of hydrogen-bond donors (Lipinski definition) is 0. The summed E-state index contributed by atoms with van der Waals surface area (Å²) in [6, 6.07) is 14.6. The first-order chi connectivity index (χ1) is 9.36. The first-order valence-electron chi connectivity index (χ1n) is 7.53. The lowest BCUT2D eigenvalue weighted by Crippen LogP contribution is -2.51. The minimum atomic E-state index is 0.646. The van der Waals surface area contributed by atoms with Crippen LogP contribution < -0.4 is 0 Å². The number of rotatable bonds is 3. The lowest BCUT2D eigenvalue weighted by atomic mass is 9.77. The Labute approximate surface area is 116 Å². The number of benzene rings is 1. The lowest BCUT2D eigenvalue weighted by Gasteiger charge is -2.48. The Hall–Kier alpha value is -1.33. The number of fused-ring (bicyclic) bond motifs is 2. The second-order valence-electron chi connectivity index (χ2n) is 6.10. The third kappa shape index (κ3) is 2.82. The van der Waals surface area contributed by atoms with E-state index in [9.17, 15) is 0 Å². The van der Waals surface area contributed by atoms with E-state index in [1.165, 1.54) is 37.7 Å². The van der Waals surface area contributed by atoms with Gasteiger partial charge in [-0.05, 0) is 37.2 Å². The molecule has 2 atom stereocenters. The molecule has 19 heavy (non-hydrogen) atoms. The number of nitrogens with zero attached hydrogens (tertiary/aromatic N) is 2. The molecule has 2 fully saturated rings. The van der Waals surface area contributed by atoms with E-state index in [1.807, 2.05) is 0 Å². The van der Waals surface area contributed by atoms with Crippen LogP contribution in [0.25, 0.3) is 0 Å². The molecule has 0 spiro atoms. The Balaban J connectivity index is 1.71. The molecule has 0 aromatic heterocycles. The van der Waals surface area contributed by atoms with Crippen LogP contribution in [0.1, 0.15) is 44.1 Å². The lowest BCUT2D eigenvalue weighted by molar-refractivity contribution is 0.00791. The van der Waals surface area contributed by atoms with Crippen LogP contribution in [0, 0.1) is 17.2 Å². The van der Waals surface area contributed by atoms with Crippen LogP contribution in [0.4, 0.5) is 0 Å². The maximum absolute atomic E-state index is 8.92. The Morgan fingerprint density at radius 3 is 2.42 bits per heavy atom. The molecular weight excluding hydrogens is 232 g/mol. The van der Waals surface area contributed by atoms with Crippen LogP contribution in [-0.4, -0.2) is 17.0 Å². The summed E-state index contributed by atoms with van der Waals surface area (Å²) < 4.78 is 0. The summed E-state index contributed by atoms with van der Waals surface area (Å²) >= 11 is 0. The topological polar surface area (TPSA) is 27.0 Å². The highest BCUT2D eigenvalue weighted by molar-refractivity contribution is 5.15. The van der Waals surface area contributed by atoms with Crippen LogP contribution in [0.5, 0.6) is 0 Å². The van der Waals surface area contributed by atoms with Crippen LogP contribution >= 0.6 is 0 Å². The standard InChI is InChI=1S/C17H22N2/c18-10-9-15-11-16-7-4-8-17(12-15)19(16)13-14-5-2-1-3-6-14/h1-3,5-6,15-17H,4,7-9,11-13H2. The summed E-state index contributed by atoms with van der Waals surface area (Å²) in [7, 11) is 0. The first kappa shape index (κ1) is 12.7. The van der Waals surface area contributed by atoms with Crippen LogP contribution in [0.15, 0.2) is 30.3 Å². The van der Waals surface area contributed by atoms with Crippen molar-refractivity contribution in [1.82, 2.24) is 4.90 Å². The van der Waals surface area contributed by atoms with Crippen molar-refractivity contribution in [3.8, 4) is 6.07 Å². The Morgan fingerprint density at radius 2 is 1.79 bits per heavy atom. The van der Waals surface area contributed by atoms with Crippen LogP contribution in [-0.2, 0) is 6.54 Å². The third-order valence-corrected chi connectivity index (χ3v) is 4.81. The van der Waals surface area contributed by atoms with Gasteiger partial charge in [0.05, 0.1) is 6.07 Å². The normalized spacial score (nSPS) is 30.8. The van der Waals surface area contributed by atoms with Crippen LogP contribution in [0.3, 0.4) is 0 Å². The maximum atomic E-state index is 8.92. The predicted molar refractivity (Wildman–Crippen MR) is 76.4 cm³/mol. The van der Waals surface area contributed by atoms with Gasteiger partial charge in [0.15, 0.2) is 0 Å². The van der Waals surface area contributed by atoms with Crippen molar-refractivity contribution in [3.05, 3.63) is 35.9 Å². The number of nitriles is 1. The zero-order valence-corrected chi connectivity index (χ0v) is 11.5. The van der Waals surface area contributed by atoms with Crippen molar-refractivity contribution < 1.29 is 0 Å². The molecule has 2 heterocycles. The average Bonchev–Trinajstić information content (AvgIpc) is 2.41. The largest absolute Gasteiger partial charge is 0.293 e. The molecule has 2 aliphatic heterocycles. The van der Waals surface area contributed by atoms with Gasteiger partial charge in [-0.25, -0.2) is 0 Å². The summed E-state index contributed by atoms with van der Waals surface area (Å²) in [5.41, 5.74) is 1.43. The monoisotopic (exact) mass is 254 g/mol. The number of hydrogen-bond acceptors (Lipinski definition) is 2. The molecule has 1 aromatic rings. The highest BCUT2D eigenvalue weighted by Gasteiger charge is 2.37. The van der Waals surface area contributed by atoms with Gasteiger partial charge >= 0.3 is 0 Å². The Morgan fingerprint density at radius 1 is 1.11 bits per heavy atom. The Kier molecular flexibility index (Phi) is 3.84. The van der Waals surface area contributed by atoms with Gasteiger partial charge in [0.1, 0.15) is 0 Å². The fraction of sp³-hybridized carbons (Fsp3) is 0.588. The predicted octanol–water partition coefficient (Wildman–Crippen LogP) is 3.73. The van der Waals surface area contributed by atoms with Crippen molar-refractivity contribution in [2.24, 2.45) is 5.92 Å². The van der Waals surface area contributed by atoms with Gasteiger partial charge in [0.2, 0.25) is 0 Å². The molecule has 2 saturated heterocycles. The van der Waals surface area contributed by atoms with Gasteiger partial charge in [-0.1, -0.05) is 36.8 Å². The summed E-state index contributed by atoms with van der Waals surface area (Å²) in [4.78, 5) is 2.71. The quantitative estimate of drug-likeness (QED) is 0.821. The molecule has 0 aliphatic carbocycles. The number of piperidine rings is 2. The van der Waals surface area contributed by atoms with E-state index in [1.54, 1.807) is 0 Å². The minimum Gasteiger partial charge on any atom is -0.293 e. The van der Waals surface area contributed by atoms with E-state index in [0.29, 0.717) is 18.0 Å². The molecule has 2 heteroatoms. The molecule has 2 unspecified atom stereocenters. The van der Waals surface area contributed by atoms with Crippen molar-refractivity contribution in [2.75, 3.05) is 0 Å². The fourth-order valence-corrected chi connectivity index (χ4v) is 3.94. The van der Waals surface area contributed by atoms with Crippen molar-refractivity contribution in [3.63, 3.8) is 0 Å². The molecule has 2 bridgehead atoms. The Bertz CT molecular complexity index is 434. The van der Waals surface area contributed by atoms with Gasteiger partial charge < -0.3 is 0 Å². The molecule has 2 nitrogen and oxygen atoms in total. The molecule has 100 valence electrons. The zero-order chi connectivity index (χ0) is 13.1. The molecular formula is C17H22N2. The molecule has 1 aromatic carbocycles. The molecule has 0 saturated carbocycles. The molecule has 0 N–H and O–H groups in total. The van der Waals surface area contributed by atoms with E-state index in [4.69, 9.17) is 5.26 Å². The van der Waals surface area contributed by atoms with E-state index in [-0.39, 0.29) is 0 Å². The van der Waals surface area contributed by atoms with E-state index < -0.39 is 0 Å². The molecule has 2 aliphatic rings. The average molecular weight is 254 g/mol. The first-order valence-corrected chi connectivity index (χ1v) is 7.53. The molecule has 0 radical (unpaired) electrons. The summed E-state index contributed by atoms with van der Waals surface area (Å²) in [5, 5.41) is 8.92.